The molecule has 0 aliphatic heterocycles. The summed E-state index contributed by atoms with van der Waals surface area (Å²) in [6, 6.07) is 5.42. The third kappa shape index (κ3) is 7.19. The van der Waals surface area contributed by atoms with Crippen LogP contribution in [0.15, 0.2) is 42.6 Å². The maximum absolute atomic E-state index is 13.8. The van der Waals surface area contributed by atoms with E-state index in [9.17, 15) is 44.8 Å². The van der Waals surface area contributed by atoms with Crippen LogP contribution in [0.4, 0.5) is 45.5 Å². The first-order valence-electron chi connectivity index (χ1n) is 12.2. The molecule has 4 aromatic rings. The molecule has 0 spiro atoms. The molecule has 0 amide bonds. The van der Waals surface area contributed by atoms with Crippen molar-refractivity contribution in [3.8, 4) is 17.3 Å². The monoisotopic (exact) mass is 614 g/mol. The van der Waals surface area contributed by atoms with Gasteiger partial charge in [-0.2, -0.15) is 49.6 Å². The van der Waals surface area contributed by atoms with Gasteiger partial charge in [0, 0.05) is 24.8 Å². The molecule has 43 heavy (non-hydrogen) atoms. The molecule has 0 radical (unpaired) electrons. The predicted octanol–water partition coefficient (Wildman–Crippen LogP) is 6.36. The minimum absolute atomic E-state index is 0.0342. The van der Waals surface area contributed by atoms with Gasteiger partial charge in [0.05, 0.1) is 29.4 Å². The second-order valence-corrected chi connectivity index (χ2v) is 9.25. The number of nitriles is 1. The number of alkyl halides is 9. The van der Waals surface area contributed by atoms with Crippen molar-refractivity contribution in [2.24, 2.45) is 7.05 Å². The van der Waals surface area contributed by atoms with Crippen LogP contribution in [0.25, 0.3) is 11.3 Å². The van der Waals surface area contributed by atoms with Crippen molar-refractivity contribution >= 4 is 5.95 Å². The van der Waals surface area contributed by atoms with Crippen molar-refractivity contribution in [3.63, 3.8) is 0 Å². The Balaban J connectivity index is 1.90. The lowest BCUT2D eigenvalue weighted by molar-refractivity contribution is -0.143. The topological polar surface area (TPSA) is 96.4 Å². The number of aryl methyl sites for hydroxylation is 2. The summed E-state index contributed by atoms with van der Waals surface area (Å²) >= 11 is 0. The molecule has 2 aromatic carbocycles. The van der Waals surface area contributed by atoms with Crippen LogP contribution in [0.3, 0.4) is 0 Å². The molecule has 0 saturated heterocycles. The molecule has 0 aliphatic carbocycles. The molecule has 0 unspecified atom stereocenters. The molecule has 2 aromatic heterocycles. The Bertz CT molecular complexity index is 1630. The van der Waals surface area contributed by atoms with Crippen LogP contribution in [-0.4, -0.2) is 30.2 Å². The number of rotatable bonds is 7. The van der Waals surface area contributed by atoms with Gasteiger partial charge >= 0.3 is 18.5 Å². The Labute approximate surface area is 237 Å². The zero-order chi connectivity index (χ0) is 31.7. The van der Waals surface area contributed by atoms with Crippen LogP contribution in [0.1, 0.15) is 46.1 Å². The van der Waals surface area contributed by atoms with E-state index in [2.05, 4.69) is 25.4 Å². The molecule has 226 valence electrons. The number of nitrogens with zero attached hydrogens (tertiary/aromatic N) is 8. The summed E-state index contributed by atoms with van der Waals surface area (Å²) in [5, 5.41) is 20.7. The lowest BCUT2D eigenvalue weighted by Crippen LogP contribution is -2.25. The number of hydrogen-bond acceptors (Lipinski definition) is 7. The van der Waals surface area contributed by atoms with E-state index in [4.69, 9.17) is 0 Å². The zero-order valence-electron chi connectivity index (χ0n) is 22.1. The molecular formula is C26H19F9N8. The predicted molar refractivity (Wildman–Crippen MR) is 132 cm³/mol. The van der Waals surface area contributed by atoms with E-state index >= 15 is 0 Å². The summed E-state index contributed by atoms with van der Waals surface area (Å²) < 4.78 is 122. The zero-order valence-corrected chi connectivity index (χ0v) is 22.1. The largest absolute Gasteiger partial charge is 0.416 e. The van der Waals surface area contributed by atoms with E-state index in [1.54, 1.807) is 13.0 Å². The van der Waals surface area contributed by atoms with E-state index in [0.717, 1.165) is 27.9 Å². The van der Waals surface area contributed by atoms with E-state index in [1.807, 2.05) is 0 Å². The molecule has 0 N–H and O–H groups in total. The normalized spacial score (nSPS) is 12.3. The number of aromatic nitrogens is 6. The molecular weight excluding hydrogens is 595 g/mol. The maximum atomic E-state index is 13.8. The summed E-state index contributed by atoms with van der Waals surface area (Å²) in [5.41, 5.74) is -4.04. The van der Waals surface area contributed by atoms with Crippen LogP contribution in [0.5, 0.6) is 0 Å². The van der Waals surface area contributed by atoms with Gasteiger partial charge in [-0.25, -0.2) is 9.97 Å². The van der Waals surface area contributed by atoms with Crippen molar-refractivity contribution in [2.45, 2.75) is 45.0 Å². The van der Waals surface area contributed by atoms with Crippen LogP contribution in [0, 0.1) is 11.3 Å². The fraction of sp³-hybridized carbons (Fsp3) is 0.308. The van der Waals surface area contributed by atoms with Crippen LogP contribution in [0.2, 0.25) is 0 Å². The molecule has 0 fully saturated rings. The van der Waals surface area contributed by atoms with E-state index in [0.29, 0.717) is 24.1 Å². The first kappa shape index (κ1) is 31.2. The molecule has 2 heterocycles. The first-order valence-corrected chi connectivity index (χ1v) is 12.2. The van der Waals surface area contributed by atoms with E-state index < -0.39 is 53.9 Å². The van der Waals surface area contributed by atoms with Gasteiger partial charge in [-0.3, -0.25) is 0 Å². The van der Waals surface area contributed by atoms with Gasteiger partial charge in [0.1, 0.15) is 6.07 Å². The summed E-state index contributed by atoms with van der Waals surface area (Å²) in [6.45, 7) is 0.513. The van der Waals surface area contributed by atoms with Gasteiger partial charge < -0.3 is 4.90 Å². The first-order chi connectivity index (χ1) is 20.0. The van der Waals surface area contributed by atoms with Crippen molar-refractivity contribution < 1.29 is 39.5 Å². The van der Waals surface area contributed by atoms with Crippen LogP contribution in [-0.2, 0) is 45.1 Å². The fourth-order valence-electron chi connectivity index (χ4n) is 4.22. The maximum Gasteiger partial charge on any atom is 0.416 e. The molecule has 0 saturated carbocycles. The molecule has 0 aliphatic rings. The molecule has 4 rings (SSSR count). The van der Waals surface area contributed by atoms with Gasteiger partial charge in [0.15, 0.2) is 0 Å². The van der Waals surface area contributed by atoms with Crippen molar-refractivity contribution in [1.29, 1.82) is 5.26 Å². The third-order valence-corrected chi connectivity index (χ3v) is 6.20. The van der Waals surface area contributed by atoms with Gasteiger partial charge in [0.2, 0.25) is 5.82 Å². The fourth-order valence-corrected chi connectivity index (χ4v) is 4.22. The van der Waals surface area contributed by atoms with Crippen LogP contribution < -0.4 is 4.90 Å². The lowest BCUT2D eigenvalue weighted by Gasteiger charge is -2.24. The Hall–Kier alpha value is -4.75. The highest BCUT2D eigenvalue weighted by molar-refractivity contribution is 5.68. The Morgan fingerprint density at radius 2 is 1.47 bits per heavy atom. The highest BCUT2D eigenvalue weighted by Crippen LogP contribution is 2.38. The van der Waals surface area contributed by atoms with Gasteiger partial charge in [-0.1, -0.05) is 18.1 Å². The number of tetrazole rings is 1. The number of hydrogen-bond donors (Lipinski definition) is 0. The standard InChI is InChI=1S/C26H19F9N8/c1-3-15-11-37-21(10-36)38-22(15)20-5-4-17(24(27,28)29)8-16(20)13-43(23-39-41-42(2)40-23)12-14-6-18(25(30,31)32)9-19(7-14)26(33,34)35/h4-9,11H,3,12-13H2,1-2H3. The summed E-state index contributed by atoms with van der Waals surface area (Å²) in [4.78, 5) is 10.1. The Morgan fingerprint density at radius 1 is 0.837 bits per heavy atom. The van der Waals surface area contributed by atoms with Crippen molar-refractivity contribution in [1.82, 2.24) is 30.2 Å². The van der Waals surface area contributed by atoms with Gasteiger partial charge in [-0.05, 0) is 58.7 Å². The Kier molecular flexibility index (Phi) is 8.34. The minimum atomic E-state index is -5.12. The number of benzene rings is 2. The quantitative estimate of drug-likeness (QED) is 0.224. The number of anilines is 1. The van der Waals surface area contributed by atoms with E-state index in [-0.39, 0.29) is 34.7 Å². The molecule has 8 nitrogen and oxygen atoms in total. The second-order valence-electron chi connectivity index (χ2n) is 9.25. The van der Waals surface area contributed by atoms with Gasteiger partial charge in [-0.15, -0.1) is 5.10 Å². The van der Waals surface area contributed by atoms with Crippen molar-refractivity contribution in [2.75, 3.05) is 4.90 Å². The Morgan fingerprint density at radius 3 is 1.98 bits per heavy atom. The van der Waals surface area contributed by atoms with Gasteiger partial charge in [0.25, 0.3) is 5.95 Å². The average Bonchev–Trinajstić information content (AvgIpc) is 3.36. The third-order valence-electron chi connectivity index (χ3n) is 6.20. The molecule has 0 atom stereocenters. The van der Waals surface area contributed by atoms with E-state index in [1.165, 1.54) is 13.2 Å². The van der Waals surface area contributed by atoms with Crippen molar-refractivity contribution in [3.05, 3.63) is 81.8 Å². The summed E-state index contributed by atoms with van der Waals surface area (Å²) in [7, 11) is 1.34. The summed E-state index contributed by atoms with van der Waals surface area (Å²) in [5.74, 6) is -0.554. The summed E-state index contributed by atoms with van der Waals surface area (Å²) in [6.07, 6.45) is -13.4. The van der Waals surface area contributed by atoms with Crippen LogP contribution >= 0.6 is 0 Å². The molecule has 0 bridgehead atoms. The lowest BCUT2D eigenvalue weighted by atomic mass is 9.96. The minimum Gasteiger partial charge on any atom is -0.330 e. The number of halogens is 9. The SMILES string of the molecule is CCc1cnc(C#N)nc1-c1ccc(C(F)(F)F)cc1CN(Cc1cc(C(F)(F)F)cc(C(F)(F)F)c1)c1nnn(C)n1. The highest BCUT2D eigenvalue weighted by atomic mass is 19.4. The molecule has 17 heteroatoms. The smallest absolute Gasteiger partial charge is 0.330 e. The average molecular weight is 614 g/mol. The highest BCUT2D eigenvalue weighted by Gasteiger charge is 2.37. The second kappa shape index (κ2) is 11.5.